The molecule has 1 atom stereocenters. The van der Waals surface area contributed by atoms with Gasteiger partial charge >= 0.3 is 0 Å². The van der Waals surface area contributed by atoms with Crippen molar-refractivity contribution in [3.8, 4) is 0 Å². The van der Waals surface area contributed by atoms with Crippen LogP contribution in [-0.4, -0.2) is 24.6 Å². The first-order valence-corrected chi connectivity index (χ1v) is 4.23. The topological polar surface area (TPSA) is 85.8 Å². The van der Waals surface area contributed by atoms with E-state index < -0.39 is 0 Å². The Balaban J connectivity index is 3.64. The van der Waals surface area contributed by atoms with Crippen LogP contribution >= 0.6 is 0 Å². The predicted octanol–water partition coefficient (Wildman–Crippen LogP) is 0.578. The van der Waals surface area contributed by atoms with Gasteiger partial charge in [0.05, 0.1) is 5.71 Å². The Morgan fingerprint density at radius 1 is 1.50 bits per heavy atom. The summed E-state index contributed by atoms with van der Waals surface area (Å²) in [5, 5.41) is 17.6. The Bertz CT molecular complexity index is 164. The van der Waals surface area contributed by atoms with E-state index in [9.17, 15) is 0 Å². The highest BCUT2D eigenvalue weighted by atomic mass is 14.9. The number of nitrogens with one attached hydrogen (secondary N) is 3. The molecule has 0 rings (SSSR count). The van der Waals surface area contributed by atoms with Crippen LogP contribution in [0.5, 0.6) is 0 Å². The molecule has 0 heterocycles. The summed E-state index contributed by atoms with van der Waals surface area (Å²) in [6.07, 6.45) is 1.08. The van der Waals surface area contributed by atoms with E-state index in [0.717, 1.165) is 19.5 Å². The lowest BCUT2D eigenvalue weighted by Gasteiger charge is -2.11. The lowest BCUT2D eigenvalue weighted by atomic mass is 10.1. The highest BCUT2D eigenvalue weighted by molar-refractivity contribution is 6.39. The van der Waals surface area contributed by atoms with Crippen LogP contribution in [0, 0.1) is 16.7 Å². The summed E-state index contributed by atoms with van der Waals surface area (Å²) in [7, 11) is 0. The van der Waals surface area contributed by atoms with Crippen LogP contribution in [0.4, 0.5) is 0 Å². The van der Waals surface area contributed by atoms with Crippen molar-refractivity contribution >= 4 is 11.5 Å². The van der Waals surface area contributed by atoms with Gasteiger partial charge in [-0.15, -0.1) is 0 Å². The zero-order valence-electron chi connectivity index (χ0n) is 7.78. The minimum Gasteiger partial charge on any atom is -0.383 e. The zero-order chi connectivity index (χ0) is 9.56. The van der Waals surface area contributed by atoms with Crippen LogP contribution in [0.25, 0.3) is 0 Å². The van der Waals surface area contributed by atoms with Gasteiger partial charge in [0.25, 0.3) is 0 Å². The molecule has 0 spiro atoms. The van der Waals surface area contributed by atoms with E-state index in [0.29, 0.717) is 0 Å². The molecule has 5 N–H and O–H groups in total. The molecule has 4 heteroatoms. The molecule has 0 aromatic rings. The summed E-state index contributed by atoms with van der Waals surface area (Å²) in [5.41, 5.74) is 5.39. The molecule has 1 unspecified atom stereocenters. The monoisotopic (exact) mass is 170 g/mol. The van der Waals surface area contributed by atoms with E-state index in [1.54, 1.807) is 0 Å². The summed E-state index contributed by atoms with van der Waals surface area (Å²) in [5.74, 6) is -0.0881. The van der Waals surface area contributed by atoms with Crippen molar-refractivity contribution in [1.29, 1.82) is 10.8 Å². The normalized spacial score (nSPS) is 12.5. The molecule has 0 aliphatic rings. The molecule has 0 aromatic carbocycles. The Kier molecular flexibility index (Phi) is 5.28. The summed E-state index contributed by atoms with van der Waals surface area (Å²) in [4.78, 5) is 0. The van der Waals surface area contributed by atoms with Crippen LogP contribution in [0.2, 0.25) is 0 Å². The number of hydrogen-bond donors (Lipinski definition) is 4. The van der Waals surface area contributed by atoms with Crippen molar-refractivity contribution in [2.75, 3.05) is 13.1 Å². The van der Waals surface area contributed by atoms with Crippen LogP contribution in [0.1, 0.15) is 20.3 Å². The van der Waals surface area contributed by atoms with Gasteiger partial charge < -0.3 is 16.5 Å². The minimum atomic E-state index is -0.124. The third-order valence-electron chi connectivity index (χ3n) is 1.66. The van der Waals surface area contributed by atoms with E-state index in [1.807, 2.05) is 6.92 Å². The molecular weight excluding hydrogens is 152 g/mol. The fraction of sp³-hybridized carbons (Fsp3) is 0.750. The van der Waals surface area contributed by atoms with E-state index in [4.69, 9.17) is 16.6 Å². The lowest BCUT2D eigenvalue weighted by Crippen LogP contribution is -2.34. The Hall–Kier alpha value is -0.900. The van der Waals surface area contributed by atoms with Crippen molar-refractivity contribution in [3.63, 3.8) is 0 Å². The predicted molar refractivity (Wildman–Crippen MR) is 52.0 cm³/mol. The van der Waals surface area contributed by atoms with E-state index in [1.165, 1.54) is 0 Å². The molecule has 0 saturated heterocycles. The molecule has 12 heavy (non-hydrogen) atoms. The Morgan fingerprint density at radius 3 is 2.50 bits per heavy atom. The van der Waals surface area contributed by atoms with Crippen molar-refractivity contribution in [1.82, 2.24) is 5.32 Å². The molecule has 70 valence electrons. The van der Waals surface area contributed by atoms with Crippen molar-refractivity contribution in [2.24, 2.45) is 11.7 Å². The first kappa shape index (κ1) is 11.1. The van der Waals surface area contributed by atoms with Gasteiger partial charge in [0.1, 0.15) is 5.84 Å². The molecular formula is C8H18N4. The van der Waals surface area contributed by atoms with Gasteiger partial charge in [-0.1, -0.05) is 13.8 Å². The van der Waals surface area contributed by atoms with Crippen LogP contribution in [0.3, 0.4) is 0 Å². The van der Waals surface area contributed by atoms with Gasteiger partial charge in [-0.05, 0) is 13.0 Å². The lowest BCUT2D eigenvalue weighted by molar-refractivity contribution is 0.610. The highest BCUT2D eigenvalue weighted by Crippen LogP contribution is 1.94. The average Bonchev–Trinajstić information content (AvgIpc) is 2.03. The van der Waals surface area contributed by atoms with E-state index in [2.05, 4.69) is 12.2 Å². The summed E-state index contributed by atoms with van der Waals surface area (Å²) in [6, 6.07) is 0. The smallest absolute Gasteiger partial charge is 0.137 e. The zero-order valence-corrected chi connectivity index (χ0v) is 7.78. The van der Waals surface area contributed by atoms with E-state index in [-0.39, 0.29) is 17.5 Å². The maximum atomic E-state index is 7.40. The summed E-state index contributed by atoms with van der Waals surface area (Å²) >= 11 is 0. The van der Waals surface area contributed by atoms with Gasteiger partial charge in [-0.25, -0.2) is 0 Å². The van der Waals surface area contributed by atoms with Crippen molar-refractivity contribution in [2.45, 2.75) is 20.3 Å². The fourth-order valence-corrected chi connectivity index (χ4v) is 0.863. The molecule has 0 aliphatic carbocycles. The number of nitrogens with two attached hydrogens (primary N) is 1. The molecule has 0 aromatic heterocycles. The van der Waals surface area contributed by atoms with Crippen molar-refractivity contribution in [3.05, 3.63) is 0 Å². The quantitative estimate of drug-likeness (QED) is 0.267. The standard InChI is InChI=1S/C8H18N4/c1-3-4-12-5-6(2)7(9)8(10)11/h6,9,12H,3-5H2,1-2H3,(H3,10,11). The summed E-state index contributed by atoms with van der Waals surface area (Å²) in [6.45, 7) is 5.67. The second-order valence-electron chi connectivity index (χ2n) is 2.93. The Labute approximate surface area is 73.6 Å². The second-order valence-corrected chi connectivity index (χ2v) is 2.93. The van der Waals surface area contributed by atoms with Crippen molar-refractivity contribution < 1.29 is 0 Å². The SMILES string of the molecule is CCCNCC(C)C(=N)C(=N)N. The number of hydrogen-bond acceptors (Lipinski definition) is 3. The Morgan fingerprint density at radius 2 is 2.08 bits per heavy atom. The maximum absolute atomic E-state index is 7.40. The molecule has 0 saturated carbocycles. The van der Waals surface area contributed by atoms with Crippen LogP contribution in [-0.2, 0) is 0 Å². The van der Waals surface area contributed by atoms with Gasteiger partial charge in [0, 0.05) is 12.5 Å². The molecule has 0 bridgehead atoms. The molecule has 0 aliphatic heterocycles. The third kappa shape index (κ3) is 4.08. The van der Waals surface area contributed by atoms with Gasteiger partial charge in [0.2, 0.25) is 0 Å². The minimum absolute atomic E-state index is 0.0362. The van der Waals surface area contributed by atoms with Gasteiger partial charge in [-0.3, -0.25) is 5.41 Å². The number of amidine groups is 1. The van der Waals surface area contributed by atoms with Crippen LogP contribution in [0.15, 0.2) is 0 Å². The number of rotatable bonds is 6. The molecule has 4 nitrogen and oxygen atoms in total. The fourth-order valence-electron chi connectivity index (χ4n) is 0.863. The largest absolute Gasteiger partial charge is 0.383 e. The molecule has 0 fully saturated rings. The maximum Gasteiger partial charge on any atom is 0.137 e. The van der Waals surface area contributed by atoms with Gasteiger partial charge in [0.15, 0.2) is 0 Å². The molecule has 0 radical (unpaired) electrons. The van der Waals surface area contributed by atoms with Gasteiger partial charge in [-0.2, -0.15) is 0 Å². The second kappa shape index (κ2) is 5.71. The third-order valence-corrected chi connectivity index (χ3v) is 1.66. The average molecular weight is 170 g/mol. The first-order chi connectivity index (χ1) is 5.59. The first-order valence-electron chi connectivity index (χ1n) is 4.23. The summed E-state index contributed by atoms with van der Waals surface area (Å²) < 4.78 is 0. The van der Waals surface area contributed by atoms with Crippen LogP contribution < -0.4 is 11.1 Å². The van der Waals surface area contributed by atoms with E-state index >= 15 is 0 Å². The highest BCUT2D eigenvalue weighted by Gasteiger charge is 2.09. The molecule has 0 amide bonds.